The van der Waals surface area contributed by atoms with Gasteiger partial charge in [-0.3, -0.25) is 9.59 Å². The average Bonchev–Trinajstić information content (AvgIpc) is 2.35. The highest BCUT2D eigenvalue weighted by Crippen LogP contribution is 2.28. The van der Waals surface area contributed by atoms with Crippen LogP contribution in [0.4, 0.5) is 0 Å². The summed E-state index contributed by atoms with van der Waals surface area (Å²) in [7, 11) is 1.53. The normalized spacial score (nSPS) is 12.2. The van der Waals surface area contributed by atoms with Crippen molar-refractivity contribution in [2.75, 3.05) is 13.6 Å². The Hall–Kier alpha value is -1.84. The maximum Gasteiger partial charge on any atom is 0.323 e. The van der Waals surface area contributed by atoms with Gasteiger partial charge < -0.3 is 10.0 Å². The molecule has 1 rings (SSSR count). The number of benzene rings is 1. The lowest BCUT2D eigenvalue weighted by molar-refractivity contribution is -0.143. The Labute approximate surface area is 114 Å². The molecule has 1 N–H and O–H groups in total. The van der Waals surface area contributed by atoms with Crippen molar-refractivity contribution in [1.29, 1.82) is 0 Å². The lowest BCUT2D eigenvalue weighted by atomic mass is 9.85. The van der Waals surface area contributed by atoms with Crippen molar-refractivity contribution in [1.82, 2.24) is 4.90 Å². The monoisotopic (exact) mass is 263 g/mol. The zero-order chi connectivity index (χ0) is 14.4. The number of hydrogen-bond acceptors (Lipinski definition) is 2. The van der Waals surface area contributed by atoms with E-state index in [2.05, 4.69) is 13.8 Å². The molecule has 4 heteroatoms. The first-order valence-corrected chi connectivity index (χ1v) is 6.42. The van der Waals surface area contributed by atoms with Crippen LogP contribution in [0.25, 0.3) is 0 Å². The van der Waals surface area contributed by atoms with Crippen LogP contribution >= 0.6 is 0 Å². The molecule has 1 atom stereocenters. The molecule has 1 aromatic rings. The first-order valence-electron chi connectivity index (χ1n) is 6.42. The van der Waals surface area contributed by atoms with Gasteiger partial charge in [0, 0.05) is 13.5 Å². The Kier molecular flexibility index (Phi) is 5.55. The van der Waals surface area contributed by atoms with Crippen LogP contribution in [-0.4, -0.2) is 35.5 Å². The lowest BCUT2D eigenvalue weighted by Crippen LogP contribution is -2.33. The molecule has 0 aromatic heterocycles. The summed E-state index contributed by atoms with van der Waals surface area (Å²) in [5.74, 6) is -0.684. The Morgan fingerprint density at radius 1 is 1.21 bits per heavy atom. The van der Waals surface area contributed by atoms with Crippen LogP contribution in [0.15, 0.2) is 30.3 Å². The zero-order valence-electron chi connectivity index (χ0n) is 11.7. The lowest BCUT2D eigenvalue weighted by Gasteiger charge is -2.23. The van der Waals surface area contributed by atoms with Crippen molar-refractivity contribution >= 4 is 11.9 Å². The summed E-state index contributed by atoms with van der Waals surface area (Å²) in [5, 5.41) is 8.70. The minimum absolute atomic E-state index is 0.116. The van der Waals surface area contributed by atoms with E-state index in [4.69, 9.17) is 5.11 Å². The summed E-state index contributed by atoms with van der Waals surface area (Å²) in [4.78, 5) is 23.9. The van der Waals surface area contributed by atoms with Gasteiger partial charge >= 0.3 is 5.97 Å². The molecule has 0 aliphatic heterocycles. The molecule has 0 fully saturated rings. The average molecular weight is 263 g/mol. The molecule has 0 aliphatic rings. The first-order chi connectivity index (χ1) is 8.91. The van der Waals surface area contributed by atoms with E-state index in [9.17, 15) is 9.59 Å². The van der Waals surface area contributed by atoms with Crippen LogP contribution in [0.5, 0.6) is 0 Å². The predicted molar refractivity (Wildman–Crippen MR) is 73.9 cm³/mol. The predicted octanol–water partition coefficient (Wildman–Crippen LogP) is 2.36. The van der Waals surface area contributed by atoms with Crippen molar-refractivity contribution in [3.8, 4) is 0 Å². The fourth-order valence-electron chi connectivity index (χ4n) is 2.07. The largest absolute Gasteiger partial charge is 0.480 e. The van der Waals surface area contributed by atoms with Gasteiger partial charge in [-0.15, -0.1) is 0 Å². The van der Waals surface area contributed by atoms with E-state index >= 15 is 0 Å². The van der Waals surface area contributed by atoms with E-state index < -0.39 is 5.97 Å². The van der Waals surface area contributed by atoms with Crippen LogP contribution in [-0.2, 0) is 9.59 Å². The number of nitrogens with zero attached hydrogens (tertiary/aromatic N) is 1. The number of amides is 1. The third kappa shape index (κ3) is 4.73. The van der Waals surface area contributed by atoms with Crippen LogP contribution in [0.3, 0.4) is 0 Å². The molecule has 0 saturated heterocycles. The van der Waals surface area contributed by atoms with Gasteiger partial charge in [0.1, 0.15) is 6.54 Å². The summed E-state index contributed by atoms with van der Waals surface area (Å²) >= 11 is 0. The fourth-order valence-corrected chi connectivity index (χ4v) is 2.07. The van der Waals surface area contributed by atoms with Gasteiger partial charge in [-0.25, -0.2) is 0 Å². The number of rotatable bonds is 6. The molecule has 104 valence electrons. The third-order valence-corrected chi connectivity index (χ3v) is 3.23. The molecule has 4 nitrogen and oxygen atoms in total. The Morgan fingerprint density at radius 3 is 2.26 bits per heavy atom. The summed E-state index contributed by atoms with van der Waals surface area (Å²) < 4.78 is 0. The van der Waals surface area contributed by atoms with Crippen molar-refractivity contribution < 1.29 is 14.7 Å². The molecular formula is C15H21NO3. The summed E-state index contributed by atoms with van der Waals surface area (Å²) in [6, 6.07) is 9.87. The first kappa shape index (κ1) is 15.2. The second kappa shape index (κ2) is 6.92. The van der Waals surface area contributed by atoms with Gasteiger partial charge in [-0.05, 0) is 17.4 Å². The zero-order valence-corrected chi connectivity index (χ0v) is 11.7. The number of carbonyl (C=O) groups is 2. The van der Waals surface area contributed by atoms with E-state index in [0.717, 1.165) is 5.56 Å². The Morgan fingerprint density at radius 2 is 1.79 bits per heavy atom. The number of carboxylic acids is 1. The van der Waals surface area contributed by atoms with E-state index in [1.165, 1.54) is 11.9 Å². The smallest absolute Gasteiger partial charge is 0.323 e. The quantitative estimate of drug-likeness (QED) is 0.857. The minimum Gasteiger partial charge on any atom is -0.480 e. The number of hydrogen-bond donors (Lipinski definition) is 1. The molecule has 19 heavy (non-hydrogen) atoms. The molecule has 1 aromatic carbocycles. The maximum atomic E-state index is 12.0. The van der Waals surface area contributed by atoms with E-state index in [1.807, 2.05) is 30.3 Å². The highest BCUT2D eigenvalue weighted by Gasteiger charge is 2.22. The molecule has 1 amide bonds. The highest BCUT2D eigenvalue weighted by molar-refractivity contribution is 5.81. The standard InChI is InChI=1S/C15H21NO3/c1-11(2)13(12-7-5-4-6-8-12)9-14(17)16(3)10-15(18)19/h4-8,11,13H,9-10H2,1-3H3,(H,18,19). The van der Waals surface area contributed by atoms with Crippen molar-refractivity contribution in [3.05, 3.63) is 35.9 Å². The molecule has 0 aliphatic carbocycles. The molecular weight excluding hydrogens is 242 g/mol. The maximum absolute atomic E-state index is 12.0. The molecule has 0 saturated carbocycles. The Balaban J connectivity index is 2.75. The van der Waals surface area contributed by atoms with E-state index in [-0.39, 0.29) is 18.4 Å². The van der Waals surface area contributed by atoms with Gasteiger partial charge in [0.05, 0.1) is 0 Å². The van der Waals surface area contributed by atoms with Gasteiger partial charge in [-0.1, -0.05) is 44.2 Å². The third-order valence-electron chi connectivity index (χ3n) is 3.23. The Bertz CT molecular complexity index is 428. The molecule has 1 unspecified atom stereocenters. The highest BCUT2D eigenvalue weighted by atomic mass is 16.4. The van der Waals surface area contributed by atoms with Crippen molar-refractivity contribution in [2.45, 2.75) is 26.2 Å². The van der Waals surface area contributed by atoms with Crippen LogP contribution in [0.2, 0.25) is 0 Å². The second-order valence-corrected chi connectivity index (χ2v) is 5.11. The van der Waals surface area contributed by atoms with Gasteiger partial charge in [0.2, 0.25) is 5.91 Å². The fraction of sp³-hybridized carbons (Fsp3) is 0.467. The number of carbonyl (C=O) groups excluding carboxylic acids is 1. The van der Waals surface area contributed by atoms with Gasteiger partial charge in [0.25, 0.3) is 0 Å². The van der Waals surface area contributed by atoms with E-state index in [1.54, 1.807) is 0 Å². The summed E-state index contributed by atoms with van der Waals surface area (Å²) in [5.41, 5.74) is 1.12. The molecule has 0 bridgehead atoms. The minimum atomic E-state index is -0.989. The van der Waals surface area contributed by atoms with Crippen LogP contribution in [0, 0.1) is 5.92 Å². The van der Waals surface area contributed by atoms with E-state index in [0.29, 0.717) is 12.3 Å². The summed E-state index contributed by atoms with van der Waals surface area (Å²) in [6.45, 7) is 3.89. The SMILES string of the molecule is CC(C)C(CC(=O)N(C)CC(=O)O)c1ccccc1. The van der Waals surface area contributed by atoms with Crippen LogP contribution in [0.1, 0.15) is 31.7 Å². The molecule has 0 radical (unpaired) electrons. The van der Waals surface area contributed by atoms with Gasteiger partial charge in [0.15, 0.2) is 0 Å². The topological polar surface area (TPSA) is 57.6 Å². The number of likely N-dealkylation sites (N-methyl/N-ethyl adjacent to an activating group) is 1. The second-order valence-electron chi connectivity index (χ2n) is 5.11. The number of aliphatic carboxylic acids is 1. The molecule has 0 heterocycles. The van der Waals surface area contributed by atoms with Crippen molar-refractivity contribution in [3.63, 3.8) is 0 Å². The molecule has 0 spiro atoms. The number of carboxylic acid groups (broad SMARTS) is 1. The van der Waals surface area contributed by atoms with Crippen LogP contribution < -0.4 is 0 Å². The van der Waals surface area contributed by atoms with Crippen molar-refractivity contribution in [2.24, 2.45) is 5.92 Å². The summed E-state index contributed by atoms with van der Waals surface area (Å²) in [6.07, 6.45) is 0.339. The van der Waals surface area contributed by atoms with Gasteiger partial charge in [-0.2, -0.15) is 0 Å².